The van der Waals surface area contributed by atoms with Gasteiger partial charge >= 0.3 is 0 Å². The minimum absolute atomic E-state index is 0.00627. The van der Waals surface area contributed by atoms with Crippen molar-refractivity contribution in [2.24, 2.45) is 11.8 Å². The van der Waals surface area contributed by atoms with Crippen LogP contribution in [0.5, 0.6) is 0 Å². The lowest BCUT2D eigenvalue weighted by Gasteiger charge is -2.46. The molecule has 1 aliphatic rings. The van der Waals surface area contributed by atoms with Crippen LogP contribution in [0.1, 0.15) is 83.4 Å². The maximum Gasteiger partial charge on any atom is 0.126 e. The molecule has 0 bridgehead atoms. The second-order valence-electron chi connectivity index (χ2n) is 7.49. The van der Waals surface area contributed by atoms with Crippen LogP contribution in [0.4, 0.5) is 4.39 Å². The number of benzene rings is 1. The Hall–Kier alpha value is -0.850. The molecule has 1 heteroatoms. The number of aryl methyl sites for hydroxylation is 1. The van der Waals surface area contributed by atoms with E-state index in [-0.39, 0.29) is 17.2 Å². The van der Waals surface area contributed by atoms with Crippen LogP contribution in [0.25, 0.3) is 0 Å². The molecule has 0 saturated carbocycles. The van der Waals surface area contributed by atoms with Gasteiger partial charge in [0.25, 0.3) is 0 Å². The SMILES string of the molecule is CCC(C)C1CCc2cc(C(C)C)c(F)cc2C1(C)CC. The second kappa shape index (κ2) is 6.10. The number of hydrogen-bond donors (Lipinski definition) is 0. The number of hydrogen-bond acceptors (Lipinski definition) is 0. The molecule has 2 rings (SSSR count). The minimum Gasteiger partial charge on any atom is -0.207 e. The highest BCUT2D eigenvalue weighted by atomic mass is 19.1. The van der Waals surface area contributed by atoms with Crippen molar-refractivity contribution in [3.8, 4) is 0 Å². The lowest BCUT2D eigenvalue weighted by atomic mass is 9.59. The van der Waals surface area contributed by atoms with Gasteiger partial charge in [-0.25, -0.2) is 4.39 Å². The summed E-state index contributed by atoms with van der Waals surface area (Å²) in [5.41, 5.74) is 3.68. The van der Waals surface area contributed by atoms with Gasteiger partial charge in [-0.15, -0.1) is 0 Å². The van der Waals surface area contributed by atoms with Crippen LogP contribution in [0, 0.1) is 17.7 Å². The van der Waals surface area contributed by atoms with E-state index in [1.54, 1.807) is 0 Å². The first kappa shape index (κ1) is 16.5. The van der Waals surface area contributed by atoms with Crippen molar-refractivity contribution in [2.75, 3.05) is 0 Å². The molecule has 0 amide bonds. The fourth-order valence-electron chi connectivity index (χ4n) is 4.30. The molecule has 1 aromatic rings. The Balaban J connectivity index is 2.53. The van der Waals surface area contributed by atoms with Gasteiger partial charge in [0, 0.05) is 0 Å². The Bertz CT molecular complexity index is 503. The lowest BCUT2D eigenvalue weighted by Crippen LogP contribution is -2.40. The molecular formula is C20H31F. The first-order valence-electron chi connectivity index (χ1n) is 8.67. The summed E-state index contributed by atoms with van der Waals surface area (Å²) >= 11 is 0. The minimum atomic E-state index is -0.00627. The van der Waals surface area contributed by atoms with Crippen molar-refractivity contribution in [3.63, 3.8) is 0 Å². The molecule has 0 heterocycles. The van der Waals surface area contributed by atoms with E-state index < -0.39 is 0 Å². The molecule has 0 spiro atoms. The summed E-state index contributed by atoms with van der Waals surface area (Å²) in [6, 6.07) is 4.01. The summed E-state index contributed by atoms with van der Waals surface area (Å²) < 4.78 is 14.5. The quantitative estimate of drug-likeness (QED) is 0.617. The smallest absolute Gasteiger partial charge is 0.126 e. The zero-order valence-electron chi connectivity index (χ0n) is 14.6. The van der Waals surface area contributed by atoms with E-state index in [0.29, 0.717) is 11.8 Å². The highest BCUT2D eigenvalue weighted by Crippen LogP contribution is 2.48. The average Bonchev–Trinajstić information content (AvgIpc) is 2.46. The van der Waals surface area contributed by atoms with Crippen molar-refractivity contribution in [3.05, 3.63) is 34.6 Å². The van der Waals surface area contributed by atoms with Gasteiger partial charge in [-0.1, -0.05) is 54.0 Å². The van der Waals surface area contributed by atoms with Crippen molar-refractivity contribution in [1.82, 2.24) is 0 Å². The predicted molar refractivity (Wildman–Crippen MR) is 89.4 cm³/mol. The zero-order valence-corrected chi connectivity index (χ0v) is 14.6. The Labute approximate surface area is 130 Å². The van der Waals surface area contributed by atoms with Gasteiger partial charge in [0.15, 0.2) is 0 Å². The van der Waals surface area contributed by atoms with Crippen LogP contribution in [0.15, 0.2) is 12.1 Å². The first-order chi connectivity index (χ1) is 9.85. The van der Waals surface area contributed by atoms with Gasteiger partial charge in [-0.2, -0.15) is 0 Å². The third-order valence-corrected chi connectivity index (χ3v) is 6.07. The molecule has 0 aromatic heterocycles. The highest BCUT2D eigenvalue weighted by Gasteiger charge is 2.41. The Morgan fingerprint density at radius 2 is 1.90 bits per heavy atom. The fourth-order valence-corrected chi connectivity index (χ4v) is 4.30. The molecular weight excluding hydrogens is 259 g/mol. The molecule has 0 radical (unpaired) electrons. The van der Waals surface area contributed by atoms with E-state index in [4.69, 9.17) is 0 Å². The van der Waals surface area contributed by atoms with Crippen molar-refractivity contribution >= 4 is 0 Å². The second-order valence-corrected chi connectivity index (χ2v) is 7.49. The molecule has 3 atom stereocenters. The van der Waals surface area contributed by atoms with E-state index in [2.05, 4.69) is 47.6 Å². The van der Waals surface area contributed by atoms with Crippen LogP contribution in [0.2, 0.25) is 0 Å². The summed E-state index contributed by atoms with van der Waals surface area (Å²) in [7, 11) is 0. The molecule has 0 aliphatic heterocycles. The molecule has 1 aliphatic carbocycles. The Kier molecular flexibility index (Phi) is 4.80. The first-order valence-corrected chi connectivity index (χ1v) is 8.67. The van der Waals surface area contributed by atoms with Gasteiger partial charge in [0.05, 0.1) is 0 Å². The average molecular weight is 290 g/mol. The molecule has 21 heavy (non-hydrogen) atoms. The molecule has 1 aromatic carbocycles. The van der Waals surface area contributed by atoms with Crippen molar-refractivity contribution in [2.45, 2.75) is 78.6 Å². The largest absolute Gasteiger partial charge is 0.207 e. The number of halogens is 1. The summed E-state index contributed by atoms with van der Waals surface area (Å²) in [6.45, 7) is 13.4. The van der Waals surface area contributed by atoms with Gasteiger partial charge in [0.1, 0.15) is 5.82 Å². The van der Waals surface area contributed by atoms with Gasteiger partial charge in [-0.3, -0.25) is 0 Å². The van der Waals surface area contributed by atoms with Crippen LogP contribution in [-0.4, -0.2) is 0 Å². The van der Waals surface area contributed by atoms with E-state index >= 15 is 0 Å². The topological polar surface area (TPSA) is 0 Å². The standard InChI is InChI=1S/C20H31F/c1-7-14(5)17-10-9-15-11-16(13(3)4)19(21)12-18(15)20(17,6)8-2/h11-14,17H,7-10H2,1-6H3. The van der Waals surface area contributed by atoms with Gasteiger partial charge in [-0.05, 0) is 65.2 Å². The van der Waals surface area contributed by atoms with Crippen molar-refractivity contribution in [1.29, 1.82) is 0 Å². The zero-order chi connectivity index (χ0) is 15.8. The van der Waals surface area contributed by atoms with Crippen LogP contribution in [-0.2, 0) is 11.8 Å². The molecule has 0 fully saturated rings. The number of rotatable bonds is 4. The fraction of sp³-hybridized carbons (Fsp3) is 0.700. The highest BCUT2D eigenvalue weighted by molar-refractivity contribution is 5.42. The van der Waals surface area contributed by atoms with Gasteiger partial charge in [0.2, 0.25) is 0 Å². The van der Waals surface area contributed by atoms with Crippen molar-refractivity contribution < 1.29 is 4.39 Å². The molecule has 3 unspecified atom stereocenters. The summed E-state index contributed by atoms with van der Waals surface area (Å²) in [6.07, 6.45) is 4.66. The molecule has 0 N–H and O–H groups in total. The number of fused-ring (bicyclic) bond motifs is 1. The van der Waals surface area contributed by atoms with Crippen LogP contribution >= 0.6 is 0 Å². The summed E-state index contributed by atoms with van der Waals surface area (Å²) in [5, 5.41) is 0. The maximum atomic E-state index is 14.5. The van der Waals surface area contributed by atoms with E-state index in [1.807, 2.05) is 6.07 Å². The van der Waals surface area contributed by atoms with E-state index in [1.165, 1.54) is 24.0 Å². The maximum absolute atomic E-state index is 14.5. The van der Waals surface area contributed by atoms with Crippen LogP contribution in [0.3, 0.4) is 0 Å². The molecule has 118 valence electrons. The Morgan fingerprint density at radius 1 is 1.24 bits per heavy atom. The van der Waals surface area contributed by atoms with E-state index in [0.717, 1.165) is 18.4 Å². The monoisotopic (exact) mass is 290 g/mol. The molecule has 0 nitrogen and oxygen atoms in total. The summed E-state index contributed by atoms with van der Waals surface area (Å²) in [5.74, 6) is 1.63. The third-order valence-electron chi connectivity index (χ3n) is 6.07. The van der Waals surface area contributed by atoms with E-state index in [9.17, 15) is 4.39 Å². The van der Waals surface area contributed by atoms with Gasteiger partial charge < -0.3 is 0 Å². The third kappa shape index (κ3) is 2.76. The summed E-state index contributed by atoms with van der Waals surface area (Å²) in [4.78, 5) is 0. The van der Waals surface area contributed by atoms with Crippen LogP contribution < -0.4 is 0 Å². The lowest BCUT2D eigenvalue weighted by molar-refractivity contribution is 0.170. The predicted octanol–water partition coefficient (Wildman–Crippen LogP) is 6.23. The normalized spacial score (nSPS) is 26.8. The molecule has 0 saturated heterocycles. The Morgan fingerprint density at radius 3 is 2.43 bits per heavy atom.